The van der Waals surface area contributed by atoms with Gasteiger partial charge in [0.15, 0.2) is 17.3 Å². The van der Waals surface area contributed by atoms with Crippen molar-refractivity contribution >= 4 is 34.5 Å². The summed E-state index contributed by atoms with van der Waals surface area (Å²) in [7, 11) is 1.89. The number of hydrogen-bond acceptors (Lipinski definition) is 7. The normalized spacial score (nSPS) is 15.7. The van der Waals surface area contributed by atoms with Gasteiger partial charge in [-0.2, -0.15) is 5.10 Å². The Labute approximate surface area is 253 Å². The average Bonchev–Trinajstić information content (AvgIpc) is 3.81. The van der Waals surface area contributed by atoms with Gasteiger partial charge in [0.05, 0.1) is 5.56 Å². The Morgan fingerprint density at radius 1 is 1.07 bits per heavy atom. The molecule has 1 aliphatic heterocycles. The summed E-state index contributed by atoms with van der Waals surface area (Å²) < 4.78 is 16.2. The molecule has 5 heterocycles. The zero-order chi connectivity index (χ0) is 29.9. The number of anilines is 1. The van der Waals surface area contributed by atoms with Gasteiger partial charge in [0.1, 0.15) is 11.3 Å². The van der Waals surface area contributed by atoms with E-state index in [1.54, 1.807) is 17.1 Å². The van der Waals surface area contributed by atoms with Crippen LogP contribution >= 0.6 is 11.6 Å². The predicted molar refractivity (Wildman–Crippen MR) is 165 cm³/mol. The Balaban J connectivity index is 0.000000214. The van der Waals surface area contributed by atoms with Gasteiger partial charge in [0.2, 0.25) is 0 Å². The molecule has 5 aromatic rings. The fraction of sp³-hybridized carbons (Fsp3) is 0.323. The van der Waals surface area contributed by atoms with Crippen molar-refractivity contribution in [1.29, 1.82) is 0 Å². The number of rotatable bonds is 5. The van der Waals surface area contributed by atoms with Gasteiger partial charge in [-0.05, 0) is 92.7 Å². The van der Waals surface area contributed by atoms with Gasteiger partial charge in [0.25, 0.3) is 11.5 Å². The van der Waals surface area contributed by atoms with Crippen molar-refractivity contribution in [2.45, 2.75) is 43.8 Å². The minimum Gasteiger partial charge on any atom is -0.383 e. The van der Waals surface area contributed by atoms with Gasteiger partial charge < -0.3 is 16.0 Å². The van der Waals surface area contributed by atoms with Crippen molar-refractivity contribution in [2.75, 3.05) is 25.9 Å². The van der Waals surface area contributed by atoms with Gasteiger partial charge >= 0.3 is 0 Å². The highest BCUT2D eigenvalue weighted by Crippen LogP contribution is 2.32. The van der Waals surface area contributed by atoms with Crippen LogP contribution in [0.15, 0.2) is 67.1 Å². The number of nitrogens with two attached hydrogens (primary N) is 1. The molecular formula is C31H33ClFN9O. The summed E-state index contributed by atoms with van der Waals surface area (Å²) in [4.78, 5) is 26.6. The summed E-state index contributed by atoms with van der Waals surface area (Å²) >= 11 is 5.06. The lowest BCUT2D eigenvalue weighted by Crippen LogP contribution is -2.45. The molecular weight excluding hydrogens is 569 g/mol. The SMILES string of the molecule is CNC1CCN(C(=O)C(F)Cl)CC1.Nc1ncccc1-c1nc2ccc(-n3cccn3)nc2n1-c1ccc2c(c1)CCC2. The number of benzene rings is 1. The molecule has 2 aliphatic rings. The molecule has 43 heavy (non-hydrogen) atoms. The molecule has 222 valence electrons. The van der Waals surface area contributed by atoms with E-state index in [1.165, 1.54) is 22.4 Å². The molecule has 0 bridgehead atoms. The first-order valence-corrected chi connectivity index (χ1v) is 14.8. The maximum absolute atomic E-state index is 12.4. The van der Waals surface area contributed by atoms with E-state index in [0.29, 0.717) is 24.9 Å². The molecule has 1 fully saturated rings. The van der Waals surface area contributed by atoms with Crippen LogP contribution in [0.3, 0.4) is 0 Å². The molecule has 1 saturated heterocycles. The number of halogens is 2. The molecule has 1 atom stereocenters. The van der Waals surface area contributed by atoms with E-state index in [4.69, 9.17) is 27.3 Å². The molecule has 0 spiro atoms. The van der Waals surface area contributed by atoms with Crippen LogP contribution in [-0.4, -0.2) is 71.9 Å². The molecule has 0 saturated carbocycles. The number of aromatic nitrogens is 6. The van der Waals surface area contributed by atoms with Crippen molar-refractivity contribution in [3.63, 3.8) is 0 Å². The third kappa shape index (κ3) is 5.95. The molecule has 12 heteroatoms. The second kappa shape index (κ2) is 12.5. The van der Waals surface area contributed by atoms with Crippen LogP contribution in [-0.2, 0) is 17.6 Å². The van der Waals surface area contributed by atoms with Gasteiger partial charge in [-0.25, -0.2) is 24.0 Å². The molecule has 10 nitrogen and oxygen atoms in total. The number of nitrogens with zero attached hydrogens (tertiary/aromatic N) is 7. The number of alkyl halides is 2. The van der Waals surface area contributed by atoms with E-state index >= 15 is 0 Å². The van der Waals surface area contributed by atoms with Crippen molar-refractivity contribution < 1.29 is 9.18 Å². The first-order chi connectivity index (χ1) is 20.9. The van der Waals surface area contributed by atoms with Gasteiger partial charge in [-0.3, -0.25) is 9.36 Å². The number of imidazole rings is 1. The van der Waals surface area contributed by atoms with Crippen molar-refractivity contribution in [3.05, 3.63) is 78.2 Å². The number of amides is 1. The van der Waals surface area contributed by atoms with E-state index in [1.807, 2.05) is 43.6 Å². The highest BCUT2D eigenvalue weighted by Gasteiger charge is 2.26. The standard InChI is InChI=1S/C23H19N7.C8H14ClFN2O/c24-21-18(6-2-11-25-21)22-27-19-9-10-20(29-13-3-12-26-29)28-23(19)30(22)17-8-7-15-4-1-5-16(15)14-17;1-11-6-2-4-12(5-3-6)8(13)7(9)10/h2-3,6-14H,1,4-5H2,(H2,24,25);6-7,11H,2-5H2,1H3. The largest absolute Gasteiger partial charge is 0.383 e. The molecule has 1 aromatic carbocycles. The van der Waals surface area contributed by atoms with Gasteiger partial charge in [-0.15, -0.1) is 0 Å². The lowest BCUT2D eigenvalue weighted by Gasteiger charge is -2.31. The van der Waals surface area contributed by atoms with E-state index in [2.05, 4.69) is 38.2 Å². The van der Waals surface area contributed by atoms with Crippen molar-refractivity contribution in [1.82, 2.24) is 39.5 Å². The molecule has 1 unspecified atom stereocenters. The predicted octanol–water partition coefficient (Wildman–Crippen LogP) is 4.47. The highest BCUT2D eigenvalue weighted by molar-refractivity contribution is 6.29. The number of fused-ring (bicyclic) bond motifs is 2. The Kier molecular flexibility index (Phi) is 8.35. The lowest BCUT2D eigenvalue weighted by atomic mass is 10.1. The molecule has 1 aliphatic carbocycles. The highest BCUT2D eigenvalue weighted by atomic mass is 35.5. The number of carbonyl (C=O) groups excluding carboxylic acids is 1. The van der Waals surface area contributed by atoms with E-state index in [0.717, 1.165) is 59.7 Å². The van der Waals surface area contributed by atoms with Crippen LogP contribution in [0, 0.1) is 0 Å². The second-order valence-corrected chi connectivity index (χ2v) is 11.0. The number of hydrogen-bond donors (Lipinski definition) is 2. The summed E-state index contributed by atoms with van der Waals surface area (Å²) in [5, 5.41) is 7.44. The van der Waals surface area contributed by atoms with Crippen molar-refractivity contribution in [2.24, 2.45) is 0 Å². The lowest BCUT2D eigenvalue weighted by molar-refractivity contribution is -0.134. The topological polar surface area (TPSA) is 120 Å². The molecule has 3 N–H and O–H groups in total. The molecule has 4 aromatic heterocycles. The Hall–Kier alpha value is -4.35. The quantitative estimate of drug-likeness (QED) is 0.285. The number of piperidine rings is 1. The van der Waals surface area contributed by atoms with Crippen LogP contribution in [0.1, 0.15) is 30.4 Å². The van der Waals surface area contributed by atoms with Crippen LogP contribution in [0.4, 0.5) is 10.2 Å². The van der Waals surface area contributed by atoms with Crippen LogP contribution in [0.2, 0.25) is 0 Å². The summed E-state index contributed by atoms with van der Waals surface area (Å²) in [6, 6.07) is 16.7. The smallest absolute Gasteiger partial charge is 0.272 e. The number of likely N-dealkylation sites (tertiary alicyclic amines) is 1. The third-order valence-corrected chi connectivity index (χ3v) is 8.24. The first-order valence-electron chi connectivity index (χ1n) is 14.4. The summed E-state index contributed by atoms with van der Waals surface area (Å²) in [5.74, 6) is 1.32. The molecule has 1 amide bonds. The summed E-state index contributed by atoms with van der Waals surface area (Å²) in [6.45, 7) is 1.19. The third-order valence-electron chi connectivity index (χ3n) is 8.05. The van der Waals surface area contributed by atoms with Crippen LogP contribution in [0.5, 0.6) is 0 Å². The van der Waals surface area contributed by atoms with Gasteiger partial charge in [-0.1, -0.05) is 17.7 Å². The molecule has 7 rings (SSSR count). The van der Waals surface area contributed by atoms with Crippen LogP contribution < -0.4 is 11.1 Å². The fourth-order valence-electron chi connectivity index (χ4n) is 5.73. The van der Waals surface area contributed by atoms with Crippen molar-refractivity contribution in [3.8, 4) is 22.9 Å². The Morgan fingerprint density at radius 2 is 1.88 bits per heavy atom. The number of carbonyl (C=O) groups is 1. The molecule has 0 radical (unpaired) electrons. The zero-order valence-electron chi connectivity index (χ0n) is 23.8. The zero-order valence-corrected chi connectivity index (χ0v) is 24.6. The number of pyridine rings is 2. The van der Waals surface area contributed by atoms with E-state index in [-0.39, 0.29) is 0 Å². The maximum atomic E-state index is 12.4. The minimum absolute atomic E-state index is 0.442. The van der Waals surface area contributed by atoms with Crippen LogP contribution in [0.25, 0.3) is 34.1 Å². The van der Waals surface area contributed by atoms with E-state index in [9.17, 15) is 9.18 Å². The van der Waals surface area contributed by atoms with E-state index < -0.39 is 11.5 Å². The summed E-state index contributed by atoms with van der Waals surface area (Å²) in [5.41, 5.74) is 10.5. The Morgan fingerprint density at radius 3 is 2.60 bits per heavy atom. The summed E-state index contributed by atoms with van der Waals surface area (Å²) in [6.07, 6.45) is 10.5. The fourth-order valence-corrected chi connectivity index (χ4v) is 5.87. The average molecular weight is 602 g/mol. The number of nitrogen functional groups attached to an aromatic ring is 1. The number of nitrogens with one attached hydrogen (secondary N) is 1. The first kappa shape index (κ1) is 28.8. The van der Waals surface area contributed by atoms with Gasteiger partial charge in [0, 0.05) is 43.4 Å². The monoisotopic (exact) mass is 601 g/mol. The minimum atomic E-state index is -1.88. The maximum Gasteiger partial charge on any atom is 0.272 e. The number of aryl methyl sites for hydroxylation is 2. The Bertz CT molecular complexity index is 1730. The second-order valence-electron chi connectivity index (χ2n) is 10.7.